The van der Waals surface area contributed by atoms with E-state index >= 15 is 0 Å². The maximum absolute atomic E-state index is 12.3. The second kappa shape index (κ2) is 7.66. The maximum Gasteiger partial charge on any atom is 0.317 e. The molecule has 2 heterocycles. The Morgan fingerprint density at radius 3 is 2.84 bits per heavy atom. The summed E-state index contributed by atoms with van der Waals surface area (Å²) in [4.78, 5) is 37.6. The molecule has 1 amide bonds. The van der Waals surface area contributed by atoms with Crippen LogP contribution in [0.15, 0.2) is 24.0 Å². The molecule has 2 aromatic rings. The van der Waals surface area contributed by atoms with Gasteiger partial charge in [-0.1, -0.05) is 6.92 Å². The molecule has 9 heteroatoms. The fraction of sp³-hybridized carbons (Fsp3) is 0.438. The van der Waals surface area contributed by atoms with Crippen LogP contribution in [0.2, 0.25) is 0 Å². The Balaban J connectivity index is 1.53. The highest BCUT2D eigenvalue weighted by Crippen LogP contribution is 2.26. The topological polar surface area (TPSA) is 108 Å². The summed E-state index contributed by atoms with van der Waals surface area (Å²) in [5, 5.41) is 14.2. The Bertz CT molecular complexity index is 745. The number of carboxylic acids is 1. The van der Waals surface area contributed by atoms with Gasteiger partial charge in [-0.15, -0.1) is 11.3 Å². The van der Waals surface area contributed by atoms with Crippen LogP contribution in [0.5, 0.6) is 0 Å². The Morgan fingerprint density at radius 1 is 1.40 bits per heavy atom. The summed E-state index contributed by atoms with van der Waals surface area (Å²) in [5.74, 6) is -1.04. The van der Waals surface area contributed by atoms with Gasteiger partial charge in [-0.2, -0.15) is 0 Å². The zero-order valence-electron chi connectivity index (χ0n) is 13.8. The lowest BCUT2D eigenvalue weighted by Crippen LogP contribution is -2.54. The number of carbonyl (C=O) groups is 2. The van der Waals surface area contributed by atoms with Gasteiger partial charge < -0.3 is 10.4 Å². The normalized spacial score (nSPS) is 19.4. The second-order valence-corrected chi connectivity index (χ2v) is 6.74. The lowest BCUT2D eigenvalue weighted by Gasteiger charge is -2.42. The number of nitrogens with one attached hydrogen (secondary N) is 1. The van der Waals surface area contributed by atoms with E-state index in [1.165, 1.54) is 11.3 Å². The van der Waals surface area contributed by atoms with E-state index in [1.54, 1.807) is 24.0 Å². The molecule has 25 heavy (non-hydrogen) atoms. The molecule has 0 aliphatic heterocycles. The van der Waals surface area contributed by atoms with E-state index in [2.05, 4.69) is 20.3 Å². The molecule has 1 aliphatic carbocycles. The van der Waals surface area contributed by atoms with Crippen LogP contribution in [-0.2, 0) is 4.79 Å². The summed E-state index contributed by atoms with van der Waals surface area (Å²) in [7, 11) is 0. The van der Waals surface area contributed by atoms with Crippen LogP contribution in [-0.4, -0.2) is 62.0 Å². The third kappa shape index (κ3) is 4.18. The molecule has 0 spiro atoms. The predicted molar refractivity (Wildman–Crippen MR) is 92.3 cm³/mol. The maximum atomic E-state index is 12.3. The SMILES string of the molecule is CCN(CC(=O)O)C1CC(NC(=O)c2csc(-c3cnccn3)n2)C1. The molecule has 1 saturated carbocycles. The summed E-state index contributed by atoms with van der Waals surface area (Å²) < 4.78 is 0. The number of carbonyl (C=O) groups excluding carboxylic acids is 1. The number of amides is 1. The van der Waals surface area contributed by atoms with E-state index in [4.69, 9.17) is 5.11 Å². The molecule has 0 bridgehead atoms. The lowest BCUT2D eigenvalue weighted by atomic mass is 9.85. The third-order valence-electron chi connectivity index (χ3n) is 4.23. The van der Waals surface area contributed by atoms with E-state index in [1.807, 2.05) is 11.8 Å². The first-order valence-corrected chi connectivity index (χ1v) is 8.93. The molecular weight excluding hydrogens is 342 g/mol. The second-order valence-electron chi connectivity index (χ2n) is 5.88. The van der Waals surface area contributed by atoms with E-state index in [0.717, 1.165) is 12.8 Å². The number of rotatable bonds is 7. The summed E-state index contributed by atoms with van der Waals surface area (Å²) >= 11 is 1.35. The number of hydrogen-bond donors (Lipinski definition) is 2. The number of aromatic nitrogens is 3. The monoisotopic (exact) mass is 361 g/mol. The zero-order valence-corrected chi connectivity index (χ0v) is 14.6. The number of carboxylic acid groups (broad SMARTS) is 1. The largest absolute Gasteiger partial charge is 0.480 e. The van der Waals surface area contributed by atoms with E-state index in [9.17, 15) is 9.59 Å². The van der Waals surface area contributed by atoms with Gasteiger partial charge in [0.05, 0.1) is 12.7 Å². The lowest BCUT2D eigenvalue weighted by molar-refractivity contribution is -0.139. The molecule has 0 radical (unpaired) electrons. The van der Waals surface area contributed by atoms with Crippen LogP contribution >= 0.6 is 11.3 Å². The number of nitrogens with zero attached hydrogens (tertiary/aromatic N) is 4. The Hall–Kier alpha value is -2.39. The van der Waals surface area contributed by atoms with Crippen molar-refractivity contribution in [3.05, 3.63) is 29.7 Å². The van der Waals surface area contributed by atoms with Crippen molar-refractivity contribution in [2.45, 2.75) is 31.8 Å². The van der Waals surface area contributed by atoms with Gasteiger partial charge in [-0.25, -0.2) is 4.98 Å². The first-order valence-electron chi connectivity index (χ1n) is 8.05. The number of hydrogen-bond acceptors (Lipinski definition) is 7. The van der Waals surface area contributed by atoms with Crippen LogP contribution in [0, 0.1) is 0 Å². The van der Waals surface area contributed by atoms with Crippen molar-refractivity contribution >= 4 is 23.2 Å². The minimum atomic E-state index is -0.826. The van der Waals surface area contributed by atoms with Crippen molar-refractivity contribution in [3.8, 4) is 10.7 Å². The highest BCUT2D eigenvalue weighted by molar-refractivity contribution is 7.13. The fourth-order valence-corrected chi connectivity index (χ4v) is 3.60. The van der Waals surface area contributed by atoms with Gasteiger partial charge in [-0.3, -0.25) is 24.5 Å². The van der Waals surface area contributed by atoms with E-state index in [0.29, 0.717) is 22.9 Å². The number of likely N-dealkylation sites (N-methyl/N-ethyl adjacent to an activating group) is 1. The third-order valence-corrected chi connectivity index (χ3v) is 5.09. The van der Waals surface area contributed by atoms with Gasteiger partial charge in [0.25, 0.3) is 5.91 Å². The molecule has 0 unspecified atom stereocenters. The summed E-state index contributed by atoms with van der Waals surface area (Å²) in [6.07, 6.45) is 6.30. The molecule has 2 aromatic heterocycles. The van der Waals surface area contributed by atoms with E-state index < -0.39 is 5.97 Å². The molecule has 0 saturated heterocycles. The van der Waals surface area contributed by atoms with Crippen molar-refractivity contribution < 1.29 is 14.7 Å². The standard InChI is InChI=1S/C16H19N5O3S/c1-2-21(8-14(22)23)11-5-10(6-11)19-15(24)13-9-25-16(20-13)12-7-17-3-4-18-12/h3-4,7,9-11H,2,5-6,8H2,1H3,(H,19,24)(H,22,23). The minimum Gasteiger partial charge on any atom is -0.480 e. The summed E-state index contributed by atoms with van der Waals surface area (Å²) in [6.45, 7) is 2.67. The number of aliphatic carboxylic acids is 1. The average molecular weight is 361 g/mol. The Morgan fingerprint density at radius 2 is 2.20 bits per heavy atom. The zero-order chi connectivity index (χ0) is 17.8. The van der Waals surface area contributed by atoms with E-state index in [-0.39, 0.29) is 24.5 Å². The Labute approximate surface area is 148 Å². The smallest absolute Gasteiger partial charge is 0.317 e. The van der Waals surface area contributed by atoms with Gasteiger partial charge in [-0.05, 0) is 19.4 Å². The van der Waals surface area contributed by atoms with Crippen molar-refractivity contribution in [2.75, 3.05) is 13.1 Å². The summed E-state index contributed by atoms with van der Waals surface area (Å²) in [5.41, 5.74) is 1.01. The van der Waals surface area contributed by atoms with Crippen LogP contribution < -0.4 is 5.32 Å². The number of thiazole rings is 1. The molecule has 2 N–H and O–H groups in total. The van der Waals surface area contributed by atoms with Crippen molar-refractivity contribution in [1.82, 2.24) is 25.2 Å². The van der Waals surface area contributed by atoms with Gasteiger partial charge in [0.15, 0.2) is 0 Å². The molecule has 0 aromatic carbocycles. The molecule has 0 atom stereocenters. The molecule has 3 rings (SSSR count). The first-order chi connectivity index (χ1) is 12.1. The highest BCUT2D eigenvalue weighted by Gasteiger charge is 2.35. The highest BCUT2D eigenvalue weighted by atomic mass is 32.1. The van der Waals surface area contributed by atoms with Gasteiger partial charge in [0, 0.05) is 29.9 Å². The fourth-order valence-electron chi connectivity index (χ4n) is 2.84. The van der Waals surface area contributed by atoms with Crippen LogP contribution in [0.3, 0.4) is 0 Å². The summed E-state index contributed by atoms with van der Waals surface area (Å²) in [6, 6.07) is 0.263. The predicted octanol–water partition coefficient (Wildman–Crippen LogP) is 1.27. The average Bonchev–Trinajstić information content (AvgIpc) is 3.06. The van der Waals surface area contributed by atoms with Gasteiger partial charge >= 0.3 is 5.97 Å². The molecule has 132 valence electrons. The van der Waals surface area contributed by atoms with Crippen molar-refractivity contribution in [2.24, 2.45) is 0 Å². The molecule has 8 nitrogen and oxygen atoms in total. The van der Waals surface area contributed by atoms with Crippen LogP contribution in [0.25, 0.3) is 10.7 Å². The quantitative estimate of drug-likeness (QED) is 0.764. The first kappa shape index (κ1) is 17.4. The molecule has 1 fully saturated rings. The minimum absolute atomic E-state index is 0.0371. The molecule has 1 aliphatic rings. The van der Waals surface area contributed by atoms with Crippen molar-refractivity contribution in [1.29, 1.82) is 0 Å². The van der Waals surface area contributed by atoms with Crippen molar-refractivity contribution in [3.63, 3.8) is 0 Å². The Kier molecular flexibility index (Phi) is 5.34. The van der Waals surface area contributed by atoms with Crippen LogP contribution in [0.1, 0.15) is 30.3 Å². The van der Waals surface area contributed by atoms with Crippen LogP contribution in [0.4, 0.5) is 0 Å². The van der Waals surface area contributed by atoms with Gasteiger partial charge in [0.1, 0.15) is 16.4 Å². The molecular formula is C16H19N5O3S. The van der Waals surface area contributed by atoms with Gasteiger partial charge in [0.2, 0.25) is 0 Å².